The van der Waals surface area contributed by atoms with Crippen molar-refractivity contribution < 1.29 is 28.9 Å². The van der Waals surface area contributed by atoms with Crippen molar-refractivity contribution in [1.29, 1.82) is 0 Å². The molecule has 0 amide bonds. The van der Waals surface area contributed by atoms with Crippen molar-refractivity contribution >= 4 is 12.3 Å². The largest absolute Gasteiger partial charge is 0.497 e. The predicted molar refractivity (Wildman–Crippen MR) is 139 cm³/mol. The number of rotatable bonds is 7. The summed E-state index contributed by atoms with van der Waals surface area (Å²) in [7, 11) is 1.60. The smallest absolute Gasteiger partial charge is 0.309 e. The number of methoxy groups -OCH3 is 1. The Kier molecular flexibility index (Phi) is 6.51. The number of carboxylic acids is 1. The summed E-state index contributed by atoms with van der Waals surface area (Å²) in [5, 5.41) is 10.6. The van der Waals surface area contributed by atoms with E-state index < -0.39 is 24.1 Å². The molecule has 0 aliphatic carbocycles. The highest BCUT2D eigenvalue weighted by molar-refractivity contribution is 5.74. The molecule has 3 aromatic rings. The quantitative estimate of drug-likeness (QED) is 0.476. The first-order valence-corrected chi connectivity index (χ1v) is 12.9. The molecule has 0 saturated carbocycles. The Morgan fingerprint density at radius 3 is 2.50 bits per heavy atom. The van der Waals surface area contributed by atoms with Crippen LogP contribution in [0.5, 0.6) is 17.2 Å². The van der Waals surface area contributed by atoms with Crippen molar-refractivity contribution in [2.24, 2.45) is 5.92 Å². The van der Waals surface area contributed by atoms with E-state index in [1.54, 1.807) is 7.11 Å². The van der Waals surface area contributed by atoms with E-state index in [0.717, 1.165) is 30.4 Å². The molecular weight excluding hydrogens is 484 g/mol. The number of aldehydes is 1. The molecule has 0 aromatic heterocycles. The Hall–Kier alpha value is -3.88. The van der Waals surface area contributed by atoms with E-state index in [9.17, 15) is 14.7 Å². The lowest BCUT2D eigenvalue weighted by Crippen LogP contribution is -2.51. The number of hydrogen-bond acceptors (Lipinski definition) is 7. The van der Waals surface area contributed by atoms with Gasteiger partial charge in [-0.2, -0.15) is 0 Å². The number of hydrogen-bond donors (Lipinski definition) is 1. The van der Waals surface area contributed by atoms with Gasteiger partial charge in [-0.3, -0.25) is 14.6 Å². The second kappa shape index (κ2) is 10.1. The fraction of sp³-hybridized carbons (Fsp3) is 0.333. The molecule has 3 aliphatic heterocycles. The number of fused-ring (bicyclic) bond motifs is 2. The maximum absolute atomic E-state index is 12.9. The maximum atomic E-state index is 12.9. The first kappa shape index (κ1) is 24.5. The second-order valence-corrected chi connectivity index (χ2v) is 10.0. The Morgan fingerprint density at radius 1 is 1.03 bits per heavy atom. The SMILES string of the molecule is COc1ccc(C2C(C(=O)O)C(c3ccc4c(c3)OCO4)CN2C(C=O)N2CCc3ccccc3C2)cc1. The second-order valence-electron chi connectivity index (χ2n) is 10.0. The minimum atomic E-state index is -0.898. The molecule has 0 radical (unpaired) electrons. The van der Waals surface area contributed by atoms with Crippen LogP contribution < -0.4 is 14.2 Å². The highest BCUT2D eigenvalue weighted by Crippen LogP contribution is 2.49. The summed E-state index contributed by atoms with van der Waals surface area (Å²) in [5.41, 5.74) is 4.19. The van der Waals surface area contributed by atoms with E-state index in [1.165, 1.54) is 11.1 Å². The van der Waals surface area contributed by atoms with Crippen molar-refractivity contribution in [1.82, 2.24) is 9.80 Å². The van der Waals surface area contributed by atoms with E-state index >= 15 is 0 Å². The third-order valence-corrected chi connectivity index (χ3v) is 8.10. The molecule has 38 heavy (non-hydrogen) atoms. The van der Waals surface area contributed by atoms with Gasteiger partial charge in [0.2, 0.25) is 6.79 Å². The summed E-state index contributed by atoms with van der Waals surface area (Å²) >= 11 is 0. The normalized spacial score (nSPS) is 23.6. The Morgan fingerprint density at radius 2 is 1.76 bits per heavy atom. The van der Waals surface area contributed by atoms with E-state index in [4.69, 9.17) is 14.2 Å². The number of carbonyl (C=O) groups is 2. The minimum absolute atomic E-state index is 0.149. The number of carboxylic acid groups (broad SMARTS) is 1. The third kappa shape index (κ3) is 4.29. The third-order valence-electron chi connectivity index (χ3n) is 8.10. The van der Waals surface area contributed by atoms with Gasteiger partial charge in [0.1, 0.15) is 11.9 Å². The molecule has 196 valence electrons. The van der Waals surface area contributed by atoms with Crippen LogP contribution in [0.2, 0.25) is 0 Å². The summed E-state index contributed by atoms with van der Waals surface area (Å²) in [6, 6.07) is 20.9. The molecule has 3 aliphatic rings. The standard InChI is InChI=1S/C30H30N2O6/c1-36-23-9-6-20(7-10-23)29-28(30(34)35)24(21-8-11-25-26(14-21)38-18-37-25)16-32(29)27(17-33)31-13-12-19-4-2-3-5-22(19)15-31/h2-11,14,17,24,27-29H,12-13,15-16,18H2,1H3,(H,34,35). The van der Waals surface area contributed by atoms with Crippen LogP contribution >= 0.6 is 0 Å². The highest BCUT2D eigenvalue weighted by atomic mass is 16.7. The Labute approximate surface area is 221 Å². The van der Waals surface area contributed by atoms with E-state index in [0.29, 0.717) is 30.3 Å². The van der Waals surface area contributed by atoms with Crippen molar-refractivity contribution in [2.75, 3.05) is 27.0 Å². The lowest BCUT2D eigenvalue weighted by atomic mass is 9.82. The number of benzene rings is 3. The fourth-order valence-corrected chi connectivity index (χ4v) is 6.23. The van der Waals surface area contributed by atoms with Gasteiger partial charge in [-0.1, -0.05) is 42.5 Å². The Bertz CT molecular complexity index is 1340. The van der Waals surface area contributed by atoms with Crippen LogP contribution in [-0.4, -0.2) is 60.3 Å². The molecule has 3 aromatic carbocycles. The zero-order valence-corrected chi connectivity index (χ0v) is 21.2. The molecule has 6 rings (SSSR count). The predicted octanol–water partition coefficient (Wildman–Crippen LogP) is 3.85. The molecule has 1 fully saturated rings. The van der Waals surface area contributed by atoms with Gasteiger partial charge in [-0.05, 0) is 52.9 Å². The summed E-state index contributed by atoms with van der Waals surface area (Å²) in [5.74, 6) is -0.0655. The first-order chi connectivity index (χ1) is 18.6. The van der Waals surface area contributed by atoms with Gasteiger partial charge in [0, 0.05) is 25.6 Å². The van der Waals surface area contributed by atoms with Gasteiger partial charge >= 0.3 is 5.97 Å². The fourth-order valence-electron chi connectivity index (χ4n) is 6.23. The lowest BCUT2D eigenvalue weighted by Gasteiger charge is -2.40. The van der Waals surface area contributed by atoms with Crippen LogP contribution in [0.1, 0.15) is 34.2 Å². The highest BCUT2D eigenvalue weighted by Gasteiger charge is 2.50. The number of carbonyl (C=O) groups excluding carboxylic acids is 1. The number of aliphatic carboxylic acids is 1. The number of ether oxygens (including phenoxy) is 3. The van der Waals surface area contributed by atoms with Gasteiger partial charge in [-0.15, -0.1) is 0 Å². The Balaban J connectivity index is 1.40. The number of likely N-dealkylation sites (tertiary alicyclic amines) is 1. The van der Waals surface area contributed by atoms with Crippen molar-refractivity contribution in [3.8, 4) is 17.2 Å². The monoisotopic (exact) mass is 514 g/mol. The molecule has 4 unspecified atom stereocenters. The summed E-state index contributed by atoms with van der Waals surface area (Å²) in [4.78, 5) is 29.9. The minimum Gasteiger partial charge on any atom is -0.497 e. The lowest BCUT2D eigenvalue weighted by molar-refractivity contribution is -0.144. The van der Waals surface area contributed by atoms with Crippen LogP contribution in [-0.2, 0) is 22.6 Å². The van der Waals surface area contributed by atoms with Gasteiger partial charge in [-0.25, -0.2) is 0 Å². The molecule has 0 spiro atoms. The average Bonchev–Trinajstić information content (AvgIpc) is 3.58. The van der Waals surface area contributed by atoms with Crippen LogP contribution in [0.3, 0.4) is 0 Å². The molecular formula is C30H30N2O6. The topological polar surface area (TPSA) is 88.5 Å². The maximum Gasteiger partial charge on any atom is 0.309 e. The first-order valence-electron chi connectivity index (χ1n) is 12.9. The van der Waals surface area contributed by atoms with Gasteiger partial charge < -0.3 is 24.1 Å². The molecule has 1 N–H and O–H groups in total. The molecule has 8 nitrogen and oxygen atoms in total. The number of nitrogens with zero attached hydrogens (tertiary/aromatic N) is 2. The van der Waals surface area contributed by atoms with Gasteiger partial charge in [0.25, 0.3) is 0 Å². The summed E-state index contributed by atoms with van der Waals surface area (Å²) in [6.07, 6.45) is 1.23. The molecule has 3 heterocycles. The van der Waals surface area contributed by atoms with Gasteiger partial charge in [0.05, 0.1) is 19.1 Å². The zero-order chi connectivity index (χ0) is 26.2. The van der Waals surface area contributed by atoms with Crippen LogP contribution in [0.25, 0.3) is 0 Å². The molecule has 0 bridgehead atoms. The van der Waals surface area contributed by atoms with E-state index in [-0.39, 0.29) is 12.7 Å². The molecule has 8 heteroatoms. The zero-order valence-electron chi connectivity index (χ0n) is 21.2. The van der Waals surface area contributed by atoms with Crippen LogP contribution in [0.15, 0.2) is 66.7 Å². The van der Waals surface area contributed by atoms with E-state index in [2.05, 4.69) is 21.9 Å². The van der Waals surface area contributed by atoms with Crippen LogP contribution in [0.4, 0.5) is 0 Å². The average molecular weight is 515 g/mol. The summed E-state index contributed by atoms with van der Waals surface area (Å²) < 4.78 is 16.4. The van der Waals surface area contributed by atoms with Gasteiger partial charge in [0.15, 0.2) is 17.8 Å². The van der Waals surface area contributed by atoms with Crippen molar-refractivity contribution in [3.63, 3.8) is 0 Å². The van der Waals surface area contributed by atoms with Crippen LogP contribution in [0, 0.1) is 5.92 Å². The molecule has 4 atom stereocenters. The molecule has 1 saturated heterocycles. The van der Waals surface area contributed by atoms with Crippen molar-refractivity contribution in [2.45, 2.75) is 31.1 Å². The summed E-state index contributed by atoms with van der Waals surface area (Å²) in [6.45, 7) is 1.92. The van der Waals surface area contributed by atoms with E-state index in [1.807, 2.05) is 54.6 Å². The van der Waals surface area contributed by atoms with Crippen molar-refractivity contribution in [3.05, 3.63) is 89.0 Å².